The number of rotatable bonds is 9. The van der Waals surface area contributed by atoms with Gasteiger partial charge in [0.05, 0.1) is 16.1 Å². The van der Waals surface area contributed by atoms with Gasteiger partial charge in [0.25, 0.3) is 0 Å². The number of carbonyl (C=O) groups excluding carboxylic acids is 1. The Bertz CT molecular complexity index is 1570. The highest BCUT2D eigenvalue weighted by molar-refractivity contribution is 7.90. The number of aromatic nitrogens is 2. The third-order valence-corrected chi connectivity index (χ3v) is 10.8. The van der Waals surface area contributed by atoms with E-state index in [2.05, 4.69) is 20.0 Å². The van der Waals surface area contributed by atoms with Crippen LogP contribution in [-0.2, 0) is 21.2 Å². The molecule has 1 saturated carbocycles. The average Bonchev–Trinajstić information content (AvgIpc) is 3.50. The first-order chi connectivity index (χ1) is 18.7. The van der Waals surface area contributed by atoms with Crippen molar-refractivity contribution in [3.05, 3.63) is 80.9 Å². The second-order valence-corrected chi connectivity index (χ2v) is 14.2. The summed E-state index contributed by atoms with van der Waals surface area (Å²) in [5.74, 6) is -0.230. The zero-order valence-corrected chi connectivity index (χ0v) is 24.6. The number of pyridine rings is 1. The Morgan fingerprint density at radius 1 is 1.15 bits per heavy atom. The number of sulfonamides is 1. The monoisotopic (exact) mass is 604 g/mol. The second kappa shape index (κ2) is 11.6. The van der Waals surface area contributed by atoms with Crippen molar-refractivity contribution in [2.45, 2.75) is 61.9 Å². The van der Waals surface area contributed by atoms with Gasteiger partial charge in [-0.05, 0) is 55.5 Å². The van der Waals surface area contributed by atoms with Gasteiger partial charge in [0.1, 0.15) is 14.8 Å². The Morgan fingerprint density at radius 2 is 1.90 bits per heavy atom. The quantitative estimate of drug-likeness (QED) is 0.199. The van der Waals surface area contributed by atoms with Crippen LogP contribution in [0.4, 0.5) is 0 Å². The van der Waals surface area contributed by atoms with Gasteiger partial charge in [-0.2, -0.15) is 4.72 Å². The Labute approximate surface area is 242 Å². The molecule has 1 aliphatic rings. The van der Waals surface area contributed by atoms with Crippen molar-refractivity contribution in [1.29, 1.82) is 0 Å². The molecule has 39 heavy (non-hydrogen) atoms. The Kier molecular flexibility index (Phi) is 8.35. The lowest BCUT2D eigenvalue weighted by Crippen LogP contribution is -2.59. The van der Waals surface area contributed by atoms with Gasteiger partial charge >= 0.3 is 0 Å². The van der Waals surface area contributed by atoms with Crippen LogP contribution in [0.1, 0.15) is 56.3 Å². The Hall–Kier alpha value is -2.43. The van der Waals surface area contributed by atoms with Gasteiger partial charge in [-0.1, -0.05) is 66.7 Å². The molecule has 206 valence electrons. The molecule has 0 spiro atoms. The van der Waals surface area contributed by atoms with Crippen LogP contribution in [0.2, 0.25) is 8.67 Å². The Morgan fingerprint density at radius 3 is 2.59 bits per heavy atom. The van der Waals surface area contributed by atoms with Crippen molar-refractivity contribution in [2.75, 3.05) is 0 Å². The number of carbonyl (C=O) groups is 1. The molecular formula is C28H30Cl2N4O3S2. The fourth-order valence-electron chi connectivity index (χ4n) is 5.44. The van der Waals surface area contributed by atoms with E-state index in [9.17, 15) is 13.2 Å². The highest BCUT2D eigenvalue weighted by Crippen LogP contribution is 2.37. The summed E-state index contributed by atoms with van der Waals surface area (Å²) >= 11 is 13.2. The zero-order valence-electron chi connectivity index (χ0n) is 21.4. The molecule has 2 atom stereocenters. The van der Waals surface area contributed by atoms with Crippen LogP contribution < -0.4 is 10.0 Å². The number of aromatic amines is 1. The highest BCUT2D eigenvalue weighted by atomic mass is 35.5. The van der Waals surface area contributed by atoms with Crippen molar-refractivity contribution in [1.82, 2.24) is 20.0 Å². The molecule has 3 heterocycles. The lowest BCUT2D eigenvalue weighted by atomic mass is 9.82. The Balaban J connectivity index is 1.52. The number of para-hydroxylation sites is 1. The number of thiophene rings is 1. The van der Waals surface area contributed by atoms with E-state index < -0.39 is 21.5 Å². The van der Waals surface area contributed by atoms with Gasteiger partial charge < -0.3 is 10.3 Å². The van der Waals surface area contributed by atoms with E-state index in [4.69, 9.17) is 23.2 Å². The number of halogens is 2. The fraction of sp³-hybridized carbons (Fsp3) is 0.357. The minimum Gasteiger partial charge on any atom is -0.361 e. The number of nitrogens with one attached hydrogen (secondary N) is 3. The number of hydrogen-bond acceptors (Lipinski definition) is 5. The molecular weight excluding hydrogens is 575 g/mol. The summed E-state index contributed by atoms with van der Waals surface area (Å²) in [6, 6.07) is 14.3. The maximum atomic E-state index is 14.2. The van der Waals surface area contributed by atoms with Crippen molar-refractivity contribution in [3.63, 3.8) is 0 Å². The molecule has 3 aromatic heterocycles. The van der Waals surface area contributed by atoms with E-state index in [1.807, 2.05) is 48.7 Å². The van der Waals surface area contributed by atoms with Gasteiger partial charge in [0.15, 0.2) is 0 Å². The van der Waals surface area contributed by atoms with E-state index in [0.29, 0.717) is 0 Å². The van der Waals surface area contributed by atoms with E-state index >= 15 is 0 Å². The molecule has 5 rings (SSSR count). The first-order valence-electron chi connectivity index (χ1n) is 12.9. The molecule has 1 aromatic carbocycles. The third kappa shape index (κ3) is 6.18. The summed E-state index contributed by atoms with van der Waals surface area (Å²) in [5, 5.41) is 4.12. The maximum Gasteiger partial charge on any atom is 0.243 e. The molecule has 0 radical (unpaired) electrons. The fourth-order valence-corrected chi connectivity index (χ4v) is 8.96. The van der Waals surface area contributed by atoms with Gasteiger partial charge in [-0.3, -0.25) is 9.78 Å². The number of benzene rings is 1. The molecule has 3 N–H and O–H groups in total. The summed E-state index contributed by atoms with van der Waals surface area (Å²) in [5.41, 5.74) is 0.929. The first-order valence-corrected chi connectivity index (χ1v) is 16.0. The number of H-pyrrole nitrogens is 1. The SMILES string of the molecule is CC(Cc1c[nH]c2ccccc12)(NS(=O)(=O)c1cc(Cl)sc1Cl)C(=O)NC(c1ccccn1)C1CCCCC1. The minimum atomic E-state index is -4.20. The number of fused-ring (bicyclic) bond motifs is 1. The van der Waals surface area contributed by atoms with Crippen LogP contribution in [0.5, 0.6) is 0 Å². The van der Waals surface area contributed by atoms with E-state index in [0.717, 1.165) is 59.2 Å². The smallest absolute Gasteiger partial charge is 0.243 e. The van der Waals surface area contributed by atoms with E-state index in [1.54, 1.807) is 13.1 Å². The van der Waals surface area contributed by atoms with Gasteiger partial charge in [-0.15, -0.1) is 11.3 Å². The summed E-state index contributed by atoms with van der Waals surface area (Å²) in [6.45, 7) is 1.61. The molecule has 0 bridgehead atoms. The summed E-state index contributed by atoms with van der Waals surface area (Å²) in [6.07, 6.45) is 8.91. The van der Waals surface area contributed by atoms with Gasteiger partial charge in [-0.25, -0.2) is 8.42 Å². The van der Waals surface area contributed by atoms with Crippen LogP contribution >= 0.6 is 34.5 Å². The third-order valence-electron chi connectivity index (χ3n) is 7.41. The largest absolute Gasteiger partial charge is 0.361 e. The molecule has 1 aliphatic carbocycles. The number of nitrogens with zero attached hydrogens (tertiary/aromatic N) is 1. The normalized spacial score (nSPS) is 17.1. The second-order valence-electron chi connectivity index (χ2n) is 10.3. The minimum absolute atomic E-state index is 0.0379. The molecule has 2 unspecified atom stereocenters. The maximum absolute atomic E-state index is 14.2. The molecule has 4 aromatic rings. The zero-order chi connectivity index (χ0) is 27.6. The van der Waals surface area contributed by atoms with Crippen molar-refractivity contribution in [2.24, 2.45) is 5.92 Å². The first kappa shape index (κ1) is 28.1. The summed E-state index contributed by atoms with van der Waals surface area (Å²) in [7, 11) is -4.20. The predicted octanol–water partition coefficient (Wildman–Crippen LogP) is 6.65. The van der Waals surface area contributed by atoms with Gasteiger partial charge in [0, 0.05) is 29.7 Å². The van der Waals surface area contributed by atoms with Crippen LogP contribution in [0.3, 0.4) is 0 Å². The van der Waals surface area contributed by atoms with Crippen LogP contribution in [0.15, 0.2) is 65.8 Å². The van der Waals surface area contributed by atoms with Crippen molar-refractivity contribution < 1.29 is 13.2 Å². The number of hydrogen-bond donors (Lipinski definition) is 3. The van der Waals surface area contributed by atoms with E-state index in [1.165, 1.54) is 12.5 Å². The van der Waals surface area contributed by atoms with Crippen molar-refractivity contribution >= 4 is 61.4 Å². The standard InChI is InChI=1S/C28H30Cl2N4O3S2/c1-28(16-19-17-32-21-12-6-5-11-20(19)21,34-39(36,37)23-15-24(29)38-26(23)30)27(35)33-25(18-9-3-2-4-10-18)22-13-7-8-14-31-22/h5-8,11-15,17-18,25,32,34H,2-4,9-10,16H2,1H3,(H,33,35). The van der Waals surface area contributed by atoms with Crippen LogP contribution in [0, 0.1) is 5.92 Å². The van der Waals surface area contributed by atoms with Crippen LogP contribution in [-0.4, -0.2) is 29.8 Å². The molecule has 0 aliphatic heterocycles. The summed E-state index contributed by atoms with van der Waals surface area (Å²) in [4.78, 5) is 21.8. The summed E-state index contributed by atoms with van der Waals surface area (Å²) < 4.78 is 30.2. The highest BCUT2D eigenvalue weighted by Gasteiger charge is 2.41. The molecule has 1 amide bonds. The molecule has 7 nitrogen and oxygen atoms in total. The lowest BCUT2D eigenvalue weighted by molar-refractivity contribution is -0.127. The van der Waals surface area contributed by atoms with Crippen molar-refractivity contribution in [3.8, 4) is 0 Å². The average molecular weight is 606 g/mol. The topological polar surface area (TPSA) is 104 Å². The molecule has 0 saturated heterocycles. The molecule has 11 heteroatoms. The number of amides is 1. The van der Waals surface area contributed by atoms with Gasteiger partial charge in [0.2, 0.25) is 15.9 Å². The predicted molar refractivity (Wildman–Crippen MR) is 157 cm³/mol. The lowest BCUT2D eigenvalue weighted by Gasteiger charge is -2.35. The van der Waals surface area contributed by atoms with Crippen LogP contribution in [0.25, 0.3) is 10.9 Å². The molecule has 1 fully saturated rings. The van der Waals surface area contributed by atoms with E-state index in [-0.39, 0.29) is 31.9 Å².